The fourth-order valence-electron chi connectivity index (χ4n) is 4.43. The van der Waals surface area contributed by atoms with E-state index in [2.05, 4.69) is 34.9 Å². The monoisotopic (exact) mass is 472 g/mol. The van der Waals surface area contributed by atoms with Gasteiger partial charge in [0.25, 0.3) is 0 Å². The van der Waals surface area contributed by atoms with Crippen molar-refractivity contribution >= 4 is 23.7 Å². The molecule has 0 heterocycles. The second-order valence-corrected chi connectivity index (χ2v) is 9.42. The van der Waals surface area contributed by atoms with Gasteiger partial charge in [0.1, 0.15) is 6.61 Å². The van der Waals surface area contributed by atoms with Gasteiger partial charge < -0.3 is 20.5 Å². The van der Waals surface area contributed by atoms with Crippen LogP contribution in [0.25, 0.3) is 11.1 Å². The first kappa shape index (κ1) is 24.0. The Morgan fingerprint density at radius 3 is 2.09 bits per heavy atom. The largest absolute Gasteiger partial charge is 0.478 e. The summed E-state index contributed by atoms with van der Waals surface area (Å²) < 4.78 is 5.56. The number of carboxylic acid groups (broad SMARTS) is 1. The highest BCUT2D eigenvalue weighted by Gasteiger charge is 2.29. The SMILES string of the molecule is CC(C)(CNC(=O)OCC1c2ccccc2-c2ccccc21)CC(=O)Nc1ccccc1C(=O)O. The van der Waals surface area contributed by atoms with Crippen molar-refractivity contribution in [3.05, 3.63) is 89.5 Å². The zero-order valence-electron chi connectivity index (χ0n) is 19.7. The molecule has 1 aliphatic rings. The number of nitrogens with one attached hydrogen (secondary N) is 2. The van der Waals surface area contributed by atoms with Crippen LogP contribution in [-0.4, -0.2) is 36.2 Å². The molecular weight excluding hydrogens is 444 g/mol. The Bertz CT molecular complexity index is 1220. The lowest BCUT2D eigenvalue weighted by molar-refractivity contribution is -0.118. The van der Waals surface area contributed by atoms with E-state index in [0.717, 1.165) is 22.3 Å². The lowest BCUT2D eigenvalue weighted by Crippen LogP contribution is -2.37. The molecule has 0 radical (unpaired) electrons. The van der Waals surface area contributed by atoms with Crippen LogP contribution in [0.15, 0.2) is 72.8 Å². The first-order chi connectivity index (χ1) is 16.7. The van der Waals surface area contributed by atoms with Crippen LogP contribution in [0.5, 0.6) is 0 Å². The van der Waals surface area contributed by atoms with E-state index in [9.17, 15) is 19.5 Å². The minimum absolute atomic E-state index is 0.0235. The van der Waals surface area contributed by atoms with Crippen LogP contribution in [0.3, 0.4) is 0 Å². The van der Waals surface area contributed by atoms with Gasteiger partial charge >= 0.3 is 12.1 Å². The first-order valence-corrected chi connectivity index (χ1v) is 11.5. The maximum atomic E-state index is 12.5. The molecule has 0 unspecified atom stereocenters. The molecule has 0 spiro atoms. The third kappa shape index (κ3) is 5.51. The third-order valence-electron chi connectivity index (χ3n) is 6.13. The van der Waals surface area contributed by atoms with Crippen molar-refractivity contribution in [2.24, 2.45) is 5.41 Å². The van der Waals surface area contributed by atoms with Gasteiger partial charge in [-0.15, -0.1) is 0 Å². The quantitative estimate of drug-likeness (QED) is 0.414. The molecule has 0 aliphatic heterocycles. The summed E-state index contributed by atoms with van der Waals surface area (Å²) >= 11 is 0. The highest BCUT2D eigenvalue weighted by Crippen LogP contribution is 2.44. The summed E-state index contributed by atoms with van der Waals surface area (Å²) in [7, 11) is 0. The third-order valence-corrected chi connectivity index (χ3v) is 6.13. The summed E-state index contributed by atoms with van der Waals surface area (Å²) in [5.41, 5.74) is 4.29. The van der Waals surface area contributed by atoms with E-state index in [-0.39, 0.29) is 42.6 Å². The van der Waals surface area contributed by atoms with Gasteiger partial charge in [0.2, 0.25) is 5.91 Å². The van der Waals surface area contributed by atoms with E-state index in [4.69, 9.17) is 4.74 Å². The molecule has 3 aromatic carbocycles. The normalized spacial score (nSPS) is 12.4. The number of fused-ring (bicyclic) bond motifs is 3. The van der Waals surface area contributed by atoms with Crippen molar-refractivity contribution in [3.63, 3.8) is 0 Å². The van der Waals surface area contributed by atoms with Crippen molar-refractivity contribution in [1.82, 2.24) is 5.32 Å². The van der Waals surface area contributed by atoms with E-state index in [1.165, 1.54) is 6.07 Å². The van der Waals surface area contributed by atoms with Crippen molar-refractivity contribution < 1.29 is 24.2 Å². The Morgan fingerprint density at radius 2 is 1.46 bits per heavy atom. The topological polar surface area (TPSA) is 105 Å². The standard InChI is InChI=1S/C28H28N2O5/c1-28(2,15-25(31)30-24-14-8-7-13-22(24)26(32)33)17-29-27(34)35-16-23-20-11-5-3-9-18(20)19-10-4-6-12-21(19)23/h3-14,23H,15-17H2,1-2H3,(H,29,34)(H,30,31)(H,32,33). The summed E-state index contributed by atoms with van der Waals surface area (Å²) in [5.74, 6) is -1.48. The molecule has 180 valence electrons. The first-order valence-electron chi connectivity index (χ1n) is 11.5. The van der Waals surface area contributed by atoms with Crippen LogP contribution in [0, 0.1) is 5.41 Å². The number of hydrogen-bond donors (Lipinski definition) is 3. The van der Waals surface area contributed by atoms with E-state index in [1.807, 2.05) is 38.1 Å². The lowest BCUT2D eigenvalue weighted by atomic mass is 9.89. The van der Waals surface area contributed by atoms with Crippen LogP contribution in [-0.2, 0) is 9.53 Å². The van der Waals surface area contributed by atoms with Crippen LogP contribution in [0.2, 0.25) is 0 Å². The predicted octanol–water partition coefficient (Wildman–Crippen LogP) is 5.28. The Hall–Kier alpha value is -4.13. The number of amides is 2. The number of anilines is 1. The number of carboxylic acids is 1. The number of carbonyl (C=O) groups is 3. The molecule has 2 amide bonds. The number of benzene rings is 3. The molecular formula is C28H28N2O5. The van der Waals surface area contributed by atoms with Gasteiger partial charge in [0.15, 0.2) is 0 Å². The smallest absolute Gasteiger partial charge is 0.407 e. The number of alkyl carbamates (subject to hydrolysis) is 1. The van der Waals surface area contributed by atoms with Gasteiger partial charge in [-0.1, -0.05) is 74.5 Å². The minimum Gasteiger partial charge on any atom is -0.478 e. The summed E-state index contributed by atoms with van der Waals surface area (Å²) in [5, 5.41) is 14.7. The molecule has 7 nitrogen and oxygen atoms in total. The minimum atomic E-state index is -1.11. The molecule has 0 saturated heterocycles. The van der Waals surface area contributed by atoms with Crippen molar-refractivity contribution in [1.29, 1.82) is 0 Å². The molecule has 1 aliphatic carbocycles. The zero-order valence-corrected chi connectivity index (χ0v) is 19.7. The maximum Gasteiger partial charge on any atom is 0.407 e. The van der Waals surface area contributed by atoms with E-state index >= 15 is 0 Å². The Labute approximate surface area is 204 Å². The zero-order chi connectivity index (χ0) is 25.0. The number of hydrogen-bond acceptors (Lipinski definition) is 4. The molecule has 0 aromatic heterocycles. The lowest BCUT2D eigenvalue weighted by Gasteiger charge is -2.24. The summed E-state index contributed by atoms with van der Waals surface area (Å²) in [6.45, 7) is 4.13. The van der Waals surface area contributed by atoms with E-state index in [0.29, 0.717) is 0 Å². The number of carbonyl (C=O) groups excluding carboxylic acids is 2. The van der Waals surface area contributed by atoms with Crippen LogP contribution in [0.1, 0.15) is 47.7 Å². The van der Waals surface area contributed by atoms with Gasteiger partial charge in [0.05, 0.1) is 11.3 Å². The molecule has 7 heteroatoms. The highest BCUT2D eigenvalue weighted by molar-refractivity contribution is 6.00. The molecule has 4 rings (SSSR count). The van der Waals surface area contributed by atoms with Gasteiger partial charge in [-0.3, -0.25) is 4.79 Å². The molecule has 0 atom stereocenters. The van der Waals surface area contributed by atoms with Gasteiger partial charge in [0, 0.05) is 18.9 Å². The van der Waals surface area contributed by atoms with Crippen LogP contribution < -0.4 is 10.6 Å². The van der Waals surface area contributed by atoms with Crippen molar-refractivity contribution in [2.45, 2.75) is 26.2 Å². The average Bonchev–Trinajstić information content (AvgIpc) is 3.15. The van der Waals surface area contributed by atoms with Crippen LogP contribution in [0.4, 0.5) is 10.5 Å². The molecule has 35 heavy (non-hydrogen) atoms. The van der Waals surface area contributed by atoms with Crippen molar-refractivity contribution in [3.8, 4) is 11.1 Å². The Kier molecular flexibility index (Phi) is 6.87. The highest BCUT2D eigenvalue weighted by atomic mass is 16.5. The average molecular weight is 473 g/mol. The van der Waals surface area contributed by atoms with Gasteiger partial charge in [-0.05, 0) is 39.8 Å². The summed E-state index contributed by atoms with van der Waals surface area (Å²) in [6.07, 6.45) is -0.457. The summed E-state index contributed by atoms with van der Waals surface area (Å²) in [6, 6.07) is 22.5. The van der Waals surface area contributed by atoms with E-state index < -0.39 is 17.5 Å². The van der Waals surface area contributed by atoms with Gasteiger partial charge in [-0.25, -0.2) is 9.59 Å². The molecule has 3 N–H and O–H groups in total. The van der Waals surface area contributed by atoms with Crippen LogP contribution >= 0.6 is 0 Å². The fourth-order valence-corrected chi connectivity index (χ4v) is 4.43. The number of aromatic carboxylic acids is 1. The molecule has 3 aromatic rings. The molecule has 0 fully saturated rings. The second-order valence-electron chi connectivity index (χ2n) is 9.42. The number of rotatable bonds is 8. The second kappa shape index (κ2) is 10.0. The maximum absolute atomic E-state index is 12.5. The fraction of sp³-hybridized carbons (Fsp3) is 0.250. The Balaban J connectivity index is 1.30. The van der Waals surface area contributed by atoms with E-state index in [1.54, 1.807) is 18.2 Å². The number of ether oxygens (including phenoxy) is 1. The predicted molar refractivity (Wildman–Crippen MR) is 134 cm³/mol. The van der Waals surface area contributed by atoms with Crippen molar-refractivity contribution in [2.75, 3.05) is 18.5 Å². The number of para-hydroxylation sites is 1. The van der Waals surface area contributed by atoms with Gasteiger partial charge in [-0.2, -0.15) is 0 Å². The summed E-state index contributed by atoms with van der Waals surface area (Å²) in [4.78, 5) is 36.3. The Morgan fingerprint density at radius 1 is 0.886 bits per heavy atom. The molecule has 0 saturated carbocycles. The molecule has 0 bridgehead atoms.